The quantitative estimate of drug-likeness (QED) is 0.586. The lowest BCUT2D eigenvalue weighted by atomic mass is 10.0. The van der Waals surface area contributed by atoms with Crippen LogP contribution in [0.4, 0.5) is 0 Å². The van der Waals surface area contributed by atoms with Crippen LogP contribution >= 0.6 is 0 Å². The summed E-state index contributed by atoms with van der Waals surface area (Å²) in [5.74, 6) is -1.47. The first-order valence-corrected chi connectivity index (χ1v) is 4.07. The van der Waals surface area contributed by atoms with Crippen LogP contribution in [0.15, 0.2) is 30.9 Å². The molecule has 1 aromatic rings. The van der Waals surface area contributed by atoms with Crippen LogP contribution in [0.2, 0.25) is 0 Å². The molecular weight excluding hydrogens is 180 g/mol. The average molecular weight is 190 g/mol. The summed E-state index contributed by atoms with van der Waals surface area (Å²) in [4.78, 5) is 22.1. The molecule has 0 saturated carbocycles. The van der Waals surface area contributed by atoms with Gasteiger partial charge in [0.25, 0.3) is 0 Å². The van der Waals surface area contributed by atoms with Gasteiger partial charge in [0, 0.05) is 5.56 Å². The highest BCUT2D eigenvalue weighted by molar-refractivity contribution is 6.10. The highest BCUT2D eigenvalue weighted by Crippen LogP contribution is 2.12. The molecule has 3 heteroatoms. The zero-order valence-electron chi connectivity index (χ0n) is 7.78. The number of aryl methyl sites for hydroxylation is 1. The second kappa shape index (κ2) is 3.87. The van der Waals surface area contributed by atoms with Gasteiger partial charge in [-0.3, -0.25) is 4.79 Å². The first-order chi connectivity index (χ1) is 6.56. The van der Waals surface area contributed by atoms with Gasteiger partial charge in [-0.2, -0.15) is 0 Å². The monoisotopic (exact) mass is 190 g/mol. The highest BCUT2D eigenvalue weighted by Gasteiger charge is 2.13. The molecule has 0 radical (unpaired) electrons. The van der Waals surface area contributed by atoms with Crippen molar-refractivity contribution >= 4 is 11.8 Å². The first kappa shape index (κ1) is 10.2. The summed E-state index contributed by atoms with van der Waals surface area (Å²) >= 11 is 0. The summed E-state index contributed by atoms with van der Waals surface area (Å²) in [5, 5.41) is 8.81. The molecule has 0 bridgehead atoms. The van der Waals surface area contributed by atoms with Crippen molar-refractivity contribution in [3.05, 3.63) is 47.5 Å². The molecule has 0 aliphatic heterocycles. The maximum atomic E-state index is 11.3. The number of carbonyl (C=O) groups excluding carboxylic acids is 1. The smallest absolute Gasteiger partial charge is 0.336 e. The fourth-order valence-electron chi connectivity index (χ4n) is 1.16. The van der Waals surface area contributed by atoms with E-state index in [1.807, 2.05) is 0 Å². The Hall–Kier alpha value is -1.90. The van der Waals surface area contributed by atoms with Crippen LogP contribution in [-0.2, 0) is 0 Å². The maximum Gasteiger partial charge on any atom is 0.336 e. The Bertz CT molecular complexity index is 405. The van der Waals surface area contributed by atoms with Gasteiger partial charge in [-0.25, -0.2) is 4.79 Å². The molecular formula is C11H10O3. The van der Waals surface area contributed by atoms with Crippen LogP contribution in [0, 0.1) is 6.92 Å². The minimum Gasteiger partial charge on any atom is -0.478 e. The molecule has 0 fully saturated rings. The van der Waals surface area contributed by atoms with Crippen LogP contribution in [-0.4, -0.2) is 16.9 Å². The summed E-state index contributed by atoms with van der Waals surface area (Å²) in [6.45, 7) is 5.12. The van der Waals surface area contributed by atoms with E-state index in [2.05, 4.69) is 6.58 Å². The number of hydrogen-bond acceptors (Lipinski definition) is 2. The molecule has 1 N–H and O–H groups in total. The van der Waals surface area contributed by atoms with Gasteiger partial charge in [0.2, 0.25) is 0 Å². The van der Waals surface area contributed by atoms with Crippen molar-refractivity contribution in [3.8, 4) is 0 Å². The lowest BCUT2D eigenvalue weighted by molar-refractivity contribution is 0.0693. The van der Waals surface area contributed by atoms with Crippen molar-refractivity contribution < 1.29 is 14.7 Å². The van der Waals surface area contributed by atoms with Crippen LogP contribution in [0.1, 0.15) is 26.3 Å². The van der Waals surface area contributed by atoms with Crippen LogP contribution in [0.25, 0.3) is 0 Å². The van der Waals surface area contributed by atoms with E-state index in [1.54, 1.807) is 19.1 Å². The van der Waals surface area contributed by atoms with Crippen molar-refractivity contribution in [2.24, 2.45) is 0 Å². The van der Waals surface area contributed by atoms with E-state index in [1.165, 1.54) is 6.07 Å². The summed E-state index contributed by atoms with van der Waals surface area (Å²) in [6.07, 6.45) is 1.11. The zero-order chi connectivity index (χ0) is 10.7. The molecule has 0 aliphatic carbocycles. The highest BCUT2D eigenvalue weighted by atomic mass is 16.4. The summed E-state index contributed by atoms with van der Waals surface area (Å²) < 4.78 is 0. The number of rotatable bonds is 3. The number of ketones is 1. The molecule has 0 aromatic heterocycles. The Morgan fingerprint density at radius 2 is 2.00 bits per heavy atom. The Balaban J connectivity index is 3.36. The van der Waals surface area contributed by atoms with Gasteiger partial charge in [0.05, 0.1) is 5.56 Å². The van der Waals surface area contributed by atoms with Crippen molar-refractivity contribution in [1.82, 2.24) is 0 Å². The Morgan fingerprint density at radius 1 is 1.36 bits per heavy atom. The van der Waals surface area contributed by atoms with Gasteiger partial charge in [-0.1, -0.05) is 18.2 Å². The van der Waals surface area contributed by atoms with Gasteiger partial charge in [0.15, 0.2) is 5.78 Å². The van der Waals surface area contributed by atoms with Crippen molar-refractivity contribution in [1.29, 1.82) is 0 Å². The standard InChI is InChI=1S/C11H10O3/c1-3-10(12)9-6-7(2)4-5-8(9)11(13)14/h3-6H,1H2,2H3,(H,13,14). The molecule has 1 rings (SSSR count). The number of carboxylic acids is 1. The average Bonchev–Trinajstić information content (AvgIpc) is 2.16. The van der Waals surface area contributed by atoms with E-state index in [0.717, 1.165) is 11.6 Å². The van der Waals surface area contributed by atoms with Crippen LogP contribution in [0.5, 0.6) is 0 Å². The van der Waals surface area contributed by atoms with Gasteiger partial charge >= 0.3 is 5.97 Å². The van der Waals surface area contributed by atoms with Crippen molar-refractivity contribution in [3.63, 3.8) is 0 Å². The third kappa shape index (κ3) is 1.88. The Morgan fingerprint density at radius 3 is 2.50 bits per heavy atom. The third-order valence-corrected chi connectivity index (χ3v) is 1.86. The number of aromatic carboxylic acids is 1. The van der Waals surface area contributed by atoms with E-state index < -0.39 is 5.97 Å². The molecule has 0 heterocycles. The van der Waals surface area contributed by atoms with E-state index in [9.17, 15) is 9.59 Å². The fraction of sp³-hybridized carbons (Fsp3) is 0.0909. The topological polar surface area (TPSA) is 54.4 Å². The van der Waals surface area contributed by atoms with Crippen molar-refractivity contribution in [2.45, 2.75) is 6.92 Å². The number of benzene rings is 1. The minimum atomic E-state index is -1.10. The Labute approximate surface area is 81.7 Å². The first-order valence-electron chi connectivity index (χ1n) is 4.07. The van der Waals surface area contributed by atoms with E-state index in [4.69, 9.17) is 5.11 Å². The summed E-state index contributed by atoms with van der Waals surface area (Å²) in [7, 11) is 0. The SMILES string of the molecule is C=CC(=O)c1cc(C)ccc1C(=O)O. The van der Waals surface area contributed by atoms with Gasteiger partial charge < -0.3 is 5.11 Å². The predicted molar refractivity (Wildman–Crippen MR) is 52.7 cm³/mol. The number of carboxylic acid groups (broad SMARTS) is 1. The lowest BCUT2D eigenvalue weighted by Gasteiger charge is -2.03. The summed E-state index contributed by atoms with van der Waals surface area (Å²) in [6, 6.07) is 4.63. The Kier molecular flexibility index (Phi) is 2.82. The molecule has 0 atom stereocenters. The van der Waals surface area contributed by atoms with Crippen LogP contribution < -0.4 is 0 Å². The largest absolute Gasteiger partial charge is 0.478 e. The normalized spacial score (nSPS) is 9.50. The van der Waals surface area contributed by atoms with Gasteiger partial charge in [0.1, 0.15) is 0 Å². The molecule has 1 aromatic carbocycles. The molecule has 0 spiro atoms. The molecule has 0 amide bonds. The van der Waals surface area contributed by atoms with E-state index in [0.29, 0.717) is 0 Å². The second-order valence-electron chi connectivity index (χ2n) is 2.92. The van der Waals surface area contributed by atoms with E-state index >= 15 is 0 Å². The van der Waals surface area contributed by atoms with Crippen molar-refractivity contribution in [2.75, 3.05) is 0 Å². The molecule has 0 aliphatic rings. The zero-order valence-corrected chi connectivity index (χ0v) is 7.78. The molecule has 0 saturated heterocycles. The van der Waals surface area contributed by atoms with Gasteiger partial charge in [-0.15, -0.1) is 0 Å². The number of hydrogen-bond donors (Lipinski definition) is 1. The van der Waals surface area contributed by atoms with Crippen LogP contribution in [0.3, 0.4) is 0 Å². The van der Waals surface area contributed by atoms with Gasteiger partial charge in [-0.05, 0) is 25.1 Å². The number of carbonyl (C=O) groups is 2. The maximum absolute atomic E-state index is 11.3. The molecule has 0 unspecified atom stereocenters. The molecule has 3 nitrogen and oxygen atoms in total. The van der Waals surface area contributed by atoms with E-state index in [-0.39, 0.29) is 16.9 Å². The third-order valence-electron chi connectivity index (χ3n) is 1.86. The minimum absolute atomic E-state index is 0.0144. The summed E-state index contributed by atoms with van der Waals surface area (Å²) in [5.41, 5.74) is 1.05. The fourth-order valence-corrected chi connectivity index (χ4v) is 1.16. The lowest BCUT2D eigenvalue weighted by Crippen LogP contribution is -2.06. The molecule has 14 heavy (non-hydrogen) atoms. The molecule has 72 valence electrons. The second-order valence-corrected chi connectivity index (χ2v) is 2.92. The predicted octanol–water partition coefficient (Wildman–Crippen LogP) is 2.06. The number of allylic oxidation sites excluding steroid dienone is 1.